The van der Waals surface area contributed by atoms with Gasteiger partial charge in [-0.2, -0.15) is 0 Å². The number of piperidine rings is 1. The predicted octanol–water partition coefficient (Wildman–Crippen LogP) is 3.49. The molecule has 6 nitrogen and oxygen atoms in total. The third kappa shape index (κ3) is 3.26. The molecule has 1 amide bonds. The first kappa shape index (κ1) is 17.8. The number of Topliss-reactive ketones (excluding diaryl/α,β-unsaturated/α-hetero) is 1. The summed E-state index contributed by atoms with van der Waals surface area (Å²) < 4.78 is 24.0. The summed E-state index contributed by atoms with van der Waals surface area (Å²) in [6, 6.07) is 9.73. The van der Waals surface area contributed by atoms with E-state index in [4.69, 9.17) is 9.26 Å². The zero-order valence-electron chi connectivity index (χ0n) is 15.7. The highest BCUT2D eigenvalue weighted by molar-refractivity contribution is 5.95. The van der Waals surface area contributed by atoms with Crippen LogP contribution in [0.25, 0.3) is 11.0 Å². The molecule has 2 aromatic carbocycles. The van der Waals surface area contributed by atoms with E-state index in [0.29, 0.717) is 36.4 Å². The lowest BCUT2D eigenvalue weighted by molar-refractivity contribution is -0.121. The van der Waals surface area contributed by atoms with Gasteiger partial charge in [-0.1, -0.05) is 5.16 Å². The van der Waals surface area contributed by atoms with Crippen molar-refractivity contribution >= 4 is 22.7 Å². The van der Waals surface area contributed by atoms with E-state index in [1.807, 2.05) is 4.90 Å². The number of likely N-dealkylation sites (tertiary alicyclic amines) is 1. The summed E-state index contributed by atoms with van der Waals surface area (Å²) in [4.78, 5) is 26.4. The lowest BCUT2D eigenvalue weighted by Crippen LogP contribution is -2.38. The molecule has 1 aromatic heterocycles. The Morgan fingerprint density at radius 2 is 1.97 bits per heavy atom. The van der Waals surface area contributed by atoms with Crippen molar-refractivity contribution in [3.63, 3.8) is 0 Å². The fourth-order valence-corrected chi connectivity index (χ4v) is 4.18. The second-order valence-corrected chi connectivity index (χ2v) is 7.60. The van der Waals surface area contributed by atoms with Crippen molar-refractivity contribution in [1.82, 2.24) is 10.1 Å². The molecule has 148 valence electrons. The van der Waals surface area contributed by atoms with Crippen LogP contribution >= 0.6 is 0 Å². The summed E-state index contributed by atoms with van der Waals surface area (Å²) in [6.07, 6.45) is 1.83. The molecule has 2 aliphatic rings. The topological polar surface area (TPSA) is 72.6 Å². The molecule has 0 radical (unpaired) electrons. The fraction of sp³-hybridized carbons (Fsp3) is 0.318. The van der Waals surface area contributed by atoms with Crippen LogP contribution in [0.5, 0.6) is 5.75 Å². The van der Waals surface area contributed by atoms with Crippen LogP contribution in [-0.4, -0.2) is 41.4 Å². The Bertz CT molecular complexity index is 1120. The summed E-state index contributed by atoms with van der Waals surface area (Å²) in [7, 11) is 0. The van der Waals surface area contributed by atoms with E-state index in [9.17, 15) is 14.0 Å². The number of carbonyl (C=O) groups excluding carboxylic acids is 2. The average molecular weight is 394 g/mol. The minimum atomic E-state index is -0.349. The molecule has 29 heavy (non-hydrogen) atoms. The molecule has 1 fully saturated rings. The maximum Gasteiger partial charge on any atom is 0.253 e. The molecule has 3 heterocycles. The monoisotopic (exact) mass is 394 g/mol. The third-order valence-electron chi connectivity index (χ3n) is 5.71. The lowest BCUT2D eigenvalue weighted by atomic mass is 9.91. The quantitative estimate of drug-likeness (QED) is 0.665. The molecule has 0 aliphatic carbocycles. The highest BCUT2D eigenvalue weighted by Crippen LogP contribution is 2.33. The number of hydrogen-bond acceptors (Lipinski definition) is 5. The van der Waals surface area contributed by atoms with Gasteiger partial charge in [0, 0.05) is 48.0 Å². The van der Waals surface area contributed by atoms with Gasteiger partial charge < -0.3 is 14.2 Å². The molecular weight excluding hydrogens is 375 g/mol. The van der Waals surface area contributed by atoms with Gasteiger partial charge in [0.25, 0.3) is 5.91 Å². The SMILES string of the molecule is O=C1COc2ccc(C(=O)N3CCC(c4noc5cc(F)ccc45)CC3)cc2C1. The van der Waals surface area contributed by atoms with Crippen molar-refractivity contribution in [2.24, 2.45) is 0 Å². The largest absolute Gasteiger partial charge is 0.486 e. The van der Waals surface area contributed by atoms with Crippen molar-refractivity contribution in [1.29, 1.82) is 0 Å². The van der Waals surface area contributed by atoms with Gasteiger partial charge in [0.15, 0.2) is 11.4 Å². The molecule has 7 heteroatoms. The number of fused-ring (bicyclic) bond motifs is 2. The Morgan fingerprint density at radius 1 is 1.14 bits per heavy atom. The number of halogens is 1. The van der Waals surface area contributed by atoms with E-state index in [1.165, 1.54) is 12.1 Å². The number of aromatic nitrogens is 1. The van der Waals surface area contributed by atoms with Crippen molar-refractivity contribution in [3.05, 3.63) is 59.0 Å². The molecule has 2 aliphatic heterocycles. The van der Waals surface area contributed by atoms with Crippen LogP contribution in [0.15, 0.2) is 40.9 Å². The number of ether oxygens (including phenoxy) is 1. The van der Waals surface area contributed by atoms with E-state index >= 15 is 0 Å². The van der Waals surface area contributed by atoms with Crippen LogP contribution < -0.4 is 4.74 Å². The van der Waals surface area contributed by atoms with Crippen molar-refractivity contribution < 1.29 is 23.2 Å². The van der Waals surface area contributed by atoms with E-state index in [1.54, 1.807) is 24.3 Å². The van der Waals surface area contributed by atoms with E-state index < -0.39 is 0 Å². The fourth-order valence-electron chi connectivity index (χ4n) is 4.18. The van der Waals surface area contributed by atoms with Gasteiger partial charge in [-0.3, -0.25) is 9.59 Å². The highest BCUT2D eigenvalue weighted by atomic mass is 19.1. The molecular formula is C22H19FN2O4. The minimum absolute atomic E-state index is 0.0163. The van der Waals surface area contributed by atoms with Gasteiger partial charge in [-0.25, -0.2) is 4.39 Å². The van der Waals surface area contributed by atoms with Crippen LogP contribution in [0.1, 0.15) is 40.4 Å². The number of rotatable bonds is 2. The maximum atomic E-state index is 13.4. The second-order valence-electron chi connectivity index (χ2n) is 7.60. The Kier molecular flexibility index (Phi) is 4.30. The molecule has 0 unspecified atom stereocenters. The average Bonchev–Trinajstić information content (AvgIpc) is 3.15. The molecule has 5 rings (SSSR count). The normalized spacial score (nSPS) is 17.3. The first-order chi connectivity index (χ1) is 14.1. The van der Waals surface area contributed by atoms with E-state index in [-0.39, 0.29) is 30.0 Å². The van der Waals surface area contributed by atoms with Gasteiger partial charge in [-0.15, -0.1) is 0 Å². The first-order valence-electron chi connectivity index (χ1n) is 9.70. The summed E-state index contributed by atoms with van der Waals surface area (Å²) in [5.41, 5.74) is 2.62. The smallest absolute Gasteiger partial charge is 0.253 e. The second kappa shape index (κ2) is 6.99. The van der Waals surface area contributed by atoms with Gasteiger partial charge in [-0.05, 0) is 43.2 Å². The van der Waals surface area contributed by atoms with E-state index in [2.05, 4.69) is 5.16 Å². The standard InChI is InChI=1S/C22H19FN2O4/c23-16-2-3-18-20(11-16)29-24-21(18)13-5-7-25(8-6-13)22(27)14-1-4-19-15(9-14)10-17(26)12-28-19/h1-4,9,11,13H,5-8,10,12H2. The van der Waals surface area contributed by atoms with Crippen LogP contribution in [0.4, 0.5) is 4.39 Å². The third-order valence-corrected chi connectivity index (χ3v) is 5.71. The first-order valence-corrected chi connectivity index (χ1v) is 9.70. The minimum Gasteiger partial charge on any atom is -0.486 e. The number of amides is 1. The number of benzene rings is 2. The molecule has 0 bridgehead atoms. The zero-order chi connectivity index (χ0) is 20.0. The van der Waals surface area contributed by atoms with Crippen LogP contribution in [0.3, 0.4) is 0 Å². The van der Waals surface area contributed by atoms with E-state index in [0.717, 1.165) is 29.5 Å². The Morgan fingerprint density at radius 3 is 2.79 bits per heavy atom. The number of ketones is 1. The number of carbonyl (C=O) groups is 2. The Hall–Kier alpha value is -3.22. The Balaban J connectivity index is 1.29. The summed E-state index contributed by atoms with van der Waals surface area (Å²) >= 11 is 0. The summed E-state index contributed by atoms with van der Waals surface area (Å²) in [6.45, 7) is 1.30. The van der Waals surface area contributed by atoms with Crippen molar-refractivity contribution in [2.75, 3.05) is 19.7 Å². The van der Waals surface area contributed by atoms with Crippen LogP contribution in [0, 0.1) is 5.82 Å². The maximum absolute atomic E-state index is 13.4. The van der Waals surface area contributed by atoms with Crippen molar-refractivity contribution in [2.45, 2.75) is 25.2 Å². The zero-order valence-corrected chi connectivity index (χ0v) is 15.7. The molecule has 0 atom stereocenters. The molecule has 0 N–H and O–H groups in total. The van der Waals surface area contributed by atoms with Gasteiger partial charge >= 0.3 is 0 Å². The summed E-state index contributed by atoms with van der Waals surface area (Å²) in [5, 5.41) is 4.98. The van der Waals surface area contributed by atoms with Gasteiger partial charge in [0.1, 0.15) is 18.2 Å². The molecule has 1 saturated heterocycles. The molecule has 3 aromatic rings. The number of nitrogens with zero attached hydrogens (tertiary/aromatic N) is 2. The summed E-state index contributed by atoms with van der Waals surface area (Å²) in [5.74, 6) is 0.464. The van der Waals surface area contributed by atoms with Gasteiger partial charge in [0.05, 0.1) is 5.69 Å². The number of hydrogen-bond donors (Lipinski definition) is 0. The predicted molar refractivity (Wildman–Crippen MR) is 102 cm³/mol. The highest BCUT2D eigenvalue weighted by Gasteiger charge is 2.28. The Labute approximate surface area is 166 Å². The molecule has 0 saturated carbocycles. The van der Waals surface area contributed by atoms with Crippen LogP contribution in [0.2, 0.25) is 0 Å². The van der Waals surface area contributed by atoms with Crippen molar-refractivity contribution in [3.8, 4) is 5.75 Å². The van der Waals surface area contributed by atoms with Crippen LogP contribution in [-0.2, 0) is 11.2 Å². The lowest BCUT2D eigenvalue weighted by Gasteiger charge is -2.31. The molecule has 0 spiro atoms. The van der Waals surface area contributed by atoms with Gasteiger partial charge in [0.2, 0.25) is 0 Å².